The molecule has 1 atom stereocenters. The van der Waals surface area contributed by atoms with E-state index in [1.165, 1.54) is 64.5 Å². The van der Waals surface area contributed by atoms with E-state index in [2.05, 4.69) is 38.2 Å². The van der Waals surface area contributed by atoms with Gasteiger partial charge in [-0.2, -0.15) is 0 Å². The molecule has 0 radical (unpaired) electrons. The van der Waals surface area contributed by atoms with Crippen LogP contribution in [0, 0.1) is 0 Å². The van der Waals surface area contributed by atoms with Crippen molar-refractivity contribution in [3.63, 3.8) is 0 Å². The van der Waals surface area contributed by atoms with Gasteiger partial charge in [-0.05, 0) is 47.0 Å². The molecule has 0 aliphatic heterocycles. The van der Waals surface area contributed by atoms with Crippen LogP contribution in [0.25, 0.3) is 0 Å². The fraction of sp³-hybridized carbons (Fsp3) is 1.00. The molecule has 0 fully saturated rings. The fourth-order valence-corrected chi connectivity index (χ4v) is 1.98. The van der Waals surface area contributed by atoms with Crippen LogP contribution in [0.1, 0.15) is 65.2 Å². The molecule has 1 unspecified atom stereocenters. The molecular weight excluding hydrogens is 208 g/mol. The van der Waals surface area contributed by atoms with E-state index < -0.39 is 0 Å². The normalized spacial score (nSPS) is 13.2. The van der Waals surface area contributed by atoms with E-state index in [0.29, 0.717) is 6.04 Å². The average Bonchev–Trinajstić information content (AvgIpc) is 2.30. The molecule has 2 heteroatoms. The van der Waals surface area contributed by atoms with Crippen molar-refractivity contribution >= 4 is 0 Å². The maximum absolute atomic E-state index is 3.61. The van der Waals surface area contributed by atoms with Gasteiger partial charge in [0.05, 0.1) is 0 Å². The Morgan fingerprint density at radius 2 is 1.53 bits per heavy atom. The van der Waals surface area contributed by atoms with E-state index in [1.54, 1.807) is 0 Å². The second-order valence-electron chi connectivity index (χ2n) is 5.57. The standard InChI is InChI=1S/C15H34N2/c1-5-6-7-8-9-10-11-13-16-15(2)12-14-17(3)4/h15-16H,5-14H2,1-4H3. The summed E-state index contributed by atoms with van der Waals surface area (Å²) in [6.45, 7) is 6.96. The van der Waals surface area contributed by atoms with Gasteiger partial charge in [-0.15, -0.1) is 0 Å². The van der Waals surface area contributed by atoms with Gasteiger partial charge < -0.3 is 10.2 Å². The average molecular weight is 242 g/mol. The third-order valence-corrected chi connectivity index (χ3v) is 3.28. The number of hydrogen-bond donors (Lipinski definition) is 1. The van der Waals surface area contributed by atoms with Gasteiger partial charge >= 0.3 is 0 Å². The van der Waals surface area contributed by atoms with E-state index in [0.717, 1.165) is 0 Å². The van der Waals surface area contributed by atoms with Crippen LogP contribution in [0.15, 0.2) is 0 Å². The van der Waals surface area contributed by atoms with Crippen molar-refractivity contribution in [1.29, 1.82) is 0 Å². The van der Waals surface area contributed by atoms with Crippen LogP contribution in [0.4, 0.5) is 0 Å². The van der Waals surface area contributed by atoms with Crippen LogP contribution in [-0.4, -0.2) is 38.1 Å². The molecule has 0 aromatic carbocycles. The summed E-state index contributed by atoms with van der Waals surface area (Å²) in [4.78, 5) is 2.26. The SMILES string of the molecule is CCCCCCCCCNC(C)CCN(C)C. The first-order valence-corrected chi connectivity index (χ1v) is 7.55. The molecule has 0 aliphatic carbocycles. The molecule has 0 heterocycles. The molecule has 104 valence electrons. The third-order valence-electron chi connectivity index (χ3n) is 3.28. The summed E-state index contributed by atoms with van der Waals surface area (Å²) < 4.78 is 0. The van der Waals surface area contributed by atoms with Crippen LogP contribution in [-0.2, 0) is 0 Å². The monoisotopic (exact) mass is 242 g/mol. The Labute approximate surface area is 109 Å². The minimum absolute atomic E-state index is 0.664. The third kappa shape index (κ3) is 13.9. The Hall–Kier alpha value is -0.0800. The first-order chi connectivity index (χ1) is 8.16. The predicted molar refractivity (Wildman–Crippen MR) is 78.6 cm³/mol. The Morgan fingerprint density at radius 3 is 2.12 bits per heavy atom. The summed E-state index contributed by atoms with van der Waals surface area (Å²) in [7, 11) is 4.28. The summed E-state index contributed by atoms with van der Waals surface area (Å²) in [5.41, 5.74) is 0. The van der Waals surface area contributed by atoms with E-state index in [1.807, 2.05) is 0 Å². The zero-order chi connectivity index (χ0) is 12.9. The molecule has 1 N–H and O–H groups in total. The lowest BCUT2D eigenvalue weighted by atomic mass is 10.1. The van der Waals surface area contributed by atoms with Gasteiger partial charge in [0.15, 0.2) is 0 Å². The molecule has 0 aromatic heterocycles. The highest BCUT2D eigenvalue weighted by atomic mass is 15.1. The molecule has 17 heavy (non-hydrogen) atoms. The van der Waals surface area contributed by atoms with Crippen molar-refractivity contribution in [2.24, 2.45) is 0 Å². The molecular formula is C15H34N2. The molecule has 0 aromatic rings. The highest BCUT2D eigenvalue weighted by Crippen LogP contribution is 2.06. The quantitative estimate of drug-likeness (QED) is 0.525. The first kappa shape index (κ1) is 16.9. The van der Waals surface area contributed by atoms with Gasteiger partial charge in [-0.3, -0.25) is 0 Å². The van der Waals surface area contributed by atoms with Gasteiger partial charge in [0.25, 0.3) is 0 Å². The van der Waals surface area contributed by atoms with Gasteiger partial charge in [-0.1, -0.05) is 45.4 Å². The van der Waals surface area contributed by atoms with Crippen LogP contribution in [0.2, 0.25) is 0 Å². The lowest BCUT2D eigenvalue weighted by Gasteiger charge is -2.16. The van der Waals surface area contributed by atoms with Crippen molar-refractivity contribution in [3.05, 3.63) is 0 Å². The van der Waals surface area contributed by atoms with Gasteiger partial charge in [0.2, 0.25) is 0 Å². The number of nitrogens with zero attached hydrogens (tertiary/aromatic N) is 1. The van der Waals surface area contributed by atoms with E-state index in [9.17, 15) is 0 Å². The second kappa shape index (κ2) is 12.4. The molecule has 2 nitrogen and oxygen atoms in total. The lowest BCUT2D eigenvalue weighted by Crippen LogP contribution is -2.30. The molecule has 0 amide bonds. The number of hydrogen-bond acceptors (Lipinski definition) is 2. The van der Waals surface area contributed by atoms with E-state index in [-0.39, 0.29) is 0 Å². The summed E-state index contributed by atoms with van der Waals surface area (Å²) >= 11 is 0. The van der Waals surface area contributed by atoms with Crippen molar-refractivity contribution in [3.8, 4) is 0 Å². The molecule has 0 rings (SSSR count). The largest absolute Gasteiger partial charge is 0.314 e. The summed E-state index contributed by atoms with van der Waals surface area (Å²) in [6, 6.07) is 0.664. The van der Waals surface area contributed by atoms with Crippen LogP contribution in [0.5, 0.6) is 0 Å². The Kier molecular flexibility index (Phi) is 12.3. The van der Waals surface area contributed by atoms with E-state index >= 15 is 0 Å². The minimum Gasteiger partial charge on any atom is -0.314 e. The zero-order valence-corrected chi connectivity index (χ0v) is 12.6. The first-order valence-electron chi connectivity index (χ1n) is 7.55. The highest BCUT2D eigenvalue weighted by molar-refractivity contribution is 4.62. The molecule has 0 saturated carbocycles. The smallest absolute Gasteiger partial charge is 0.00508 e. The predicted octanol–water partition coefficient (Wildman–Crippen LogP) is 3.67. The molecule has 0 spiro atoms. The maximum atomic E-state index is 3.61. The summed E-state index contributed by atoms with van der Waals surface area (Å²) in [5.74, 6) is 0. The van der Waals surface area contributed by atoms with Crippen LogP contribution in [0.3, 0.4) is 0 Å². The van der Waals surface area contributed by atoms with Crippen molar-refractivity contribution in [2.45, 2.75) is 71.3 Å². The number of unbranched alkanes of at least 4 members (excludes halogenated alkanes) is 6. The van der Waals surface area contributed by atoms with Crippen molar-refractivity contribution in [1.82, 2.24) is 10.2 Å². The summed E-state index contributed by atoms with van der Waals surface area (Å²) in [5, 5.41) is 3.61. The van der Waals surface area contributed by atoms with Gasteiger partial charge in [-0.25, -0.2) is 0 Å². The zero-order valence-electron chi connectivity index (χ0n) is 12.6. The fourth-order valence-electron chi connectivity index (χ4n) is 1.98. The topological polar surface area (TPSA) is 15.3 Å². The minimum atomic E-state index is 0.664. The Balaban J connectivity index is 3.11. The highest BCUT2D eigenvalue weighted by Gasteiger charge is 2.01. The van der Waals surface area contributed by atoms with Gasteiger partial charge in [0, 0.05) is 6.04 Å². The summed E-state index contributed by atoms with van der Waals surface area (Å²) in [6.07, 6.45) is 11.1. The molecule has 0 saturated heterocycles. The van der Waals surface area contributed by atoms with Crippen molar-refractivity contribution in [2.75, 3.05) is 27.2 Å². The molecule has 0 aliphatic rings. The number of nitrogens with one attached hydrogen (secondary N) is 1. The molecule has 0 bridgehead atoms. The maximum Gasteiger partial charge on any atom is 0.00508 e. The van der Waals surface area contributed by atoms with Crippen molar-refractivity contribution < 1.29 is 0 Å². The van der Waals surface area contributed by atoms with Crippen LogP contribution < -0.4 is 5.32 Å². The lowest BCUT2D eigenvalue weighted by molar-refractivity contribution is 0.364. The second-order valence-corrected chi connectivity index (χ2v) is 5.57. The Bertz CT molecular complexity index is 146. The van der Waals surface area contributed by atoms with E-state index in [4.69, 9.17) is 0 Å². The van der Waals surface area contributed by atoms with Crippen LogP contribution >= 0.6 is 0 Å². The van der Waals surface area contributed by atoms with Gasteiger partial charge in [0.1, 0.15) is 0 Å². The Morgan fingerprint density at radius 1 is 0.941 bits per heavy atom. The number of rotatable bonds is 12.